The first-order valence-corrected chi connectivity index (χ1v) is 5.23. The van der Waals surface area contributed by atoms with Crippen molar-refractivity contribution >= 4 is 11.7 Å². The summed E-state index contributed by atoms with van der Waals surface area (Å²) in [6, 6.07) is 5.68. The van der Waals surface area contributed by atoms with Gasteiger partial charge in [0, 0.05) is 5.56 Å². The van der Waals surface area contributed by atoms with Crippen LogP contribution in [0, 0.1) is 5.82 Å². The third-order valence-corrected chi connectivity index (χ3v) is 2.97. The number of hydrogen-bond donors (Lipinski definition) is 2. The van der Waals surface area contributed by atoms with Crippen molar-refractivity contribution in [3.8, 4) is 0 Å². The smallest absolute Gasteiger partial charge is 0.386 e. The van der Waals surface area contributed by atoms with Crippen molar-refractivity contribution in [1.82, 2.24) is 5.32 Å². The number of halogens is 1. The Kier molecular flexibility index (Phi) is 2.73. The third kappa shape index (κ3) is 1.83. The molecule has 1 aliphatic rings. The number of hydrogen-bond acceptors (Lipinski definition) is 2. The lowest BCUT2D eigenvalue weighted by Gasteiger charge is -2.20. The normalized spacial score (nSPS) is 18.5. The molecule has 2 amide bonds. The molecule has 4 nitrogen and oxygen atoms in total. The van der Waals surface area contributed by atoms with E-state index in [0.29, 0.717) is 17.0 Å². The number of likely N-dealkylation sites (N-methyl/N-ethyl adjacent to an activating group) is 1. The van der Waals surface area contributed by atoms with Gasteiger partial charge >= 0.3 is 6.03 Å². The van der Waals surface area contributed by atoms with Gasteiger partial charge in [0.2, 0.25) is 0 Å². The zero-order valence-corrected chi connectivity index (χ0v) is 9.70. The Morgan fingerprint density at radius 1 is 1.41 bits per heavy atom. The van der Waals surface area contributed by atoms with Gasteiger partial charge in [0.1, 0.15) is 18.1 Å². The van der Waals surface area contributed by atoms with Crippen LogP contribution in [0.5, 0.6) is 0 Å². The minimum Gasteiger partial charge on any atom is -0.386 e. The Morgan fingerprint density at radius 3 is 2.71 bits per heavy atom. The number of aliphatic hydroxyl groups excluding tert-OH is 1. The predicted molar refractivity (Wildman–Crippen MR) is 61.0 cm³/mol. The Bertz CT molecular complexity index is 509. The van der Waals surface area contributed by atoms with Crippen molar-refractivity contribution < 1.29 is 18.8 Å². The van der Waals surface area contributed by atoms with Gasteiger partial charge in [0.05, 0.1) is 14.1 Å². The van der Waals surface area contributed by atoms with Crippen LogP contribution in [0.2, 0.25) is 0 Å². The molecule has 0 saturated carbocycles. The molecule has 17 heavy (non-hydrogen) atoms. The van der Waals surface area contributed by atoms with Crippen molar-refractivity contribution in [2.75, 3.05) is 20.7 Å². The second-order valence-corrected chi connectivity index (χ2v) is 4.37. The molecule has 0 aliphatic carbocycles. The minimum absolute atomic E-state index is 0.0671. The molecule has 90 valence electrons. The highest BCUT2D eigenvalue weighted by atomic mass is 19.1. The molecular weight excluding hydrogens is 223 g/mol. The number of urea groups is 1. The SMILES string of the molecule is C[N+]1(C)C(=O)NC(c2cccc(F)c2)=C1CO. The van der Waals surface area contributed by atoms with E-state index in [-0.39, 0.29) is 22.9 Å². The standard InChI is InChI=1S/C12H13FN2O2/c1-15(2)10(7-16)11(14-12(15)17)8-4-3-5-9(13)6-8/h3-6,16H,7H2,1-2H3/p+1. The van der Waals surface area contributed by atoms with Crippen LogP contribution in [-0.4, -0.2) is 36.3 Å². The molecule has 0 spiro atoms. The summed E-state index contributed by atoms with van der Waals surface area (Å²) < 4.78 is 13.1. The summed E-state index contributed by atoms with van der Waals surface area (Å²) in [5, 5.41) is 12.0. The average Bonchev–Trinajstić information content (AvgIpc) is 2.50. The highest BCUT2D eigenvalue weighted by Crippen LogP contribution is 2.28. The Labute approximate surface area is 98.6 Å². The molecule has 0 unspecified atom stereocenters. The van der Waals surface area contributed by atoms with E-state index in [9.17, 15) is 14.3 Å². The summed E-state index contributed by atoms with van der Waals surface area (Å²) in [4.78, 5) is 11.7. The highest BCUT2D eigenvalue weighted by molar-refractivity contribution is 5.87. The molecule has 0 saturated heterocycles. The van der Waals surface area contributed by atoms with E-state index in [2.05, 4.69) is 5.32 Å². The summed E-state index contributed by atoms with van der Waals surface area (Å²) in [5.74, 6) is -0.376. The number of rotatable bonds is 2. The lowest BCUT2D eigenvalue weighted by molar-refractivity contribution is -0.765. The van der Waals surface area contributed by atoms with Crippen LogP contribution >= 0.6 is 0 Å². The lowest BCUT2D eigenvalue weighted by Crippen LogP contribution is -2.44. The second kappa shape index (κ2) is 3.94. The van der Waals surface area contributed by atoms with Gasteiger partial charge in [-0.3, -0.25) is 5.32 Å². The number of benzene rings is 1. The minimum atomic E-state index is -0.376. The Morgan fingerprint density at radius 2 is 2.12 bits per heavy atom. The molecule has 0 fully saturated rings. The fraction of sp³-hybridized carbons (Fsp3) is 0.250. The van der Waals surface area contributed by atoms with E-state index in [1.807, 2.05) is 0 Å². The third-order valence-electron chi connectivity index (χ3n) is 2.97. The summed E-state index contributed by atoms with van der Waals surface area (Å²) in [5.41, 5.74) is 1.58. The van der Waals surface area contributed by atoms with Crippen LogP contribution in [0.3, 0.4) is 0 Å². The predicted octanol–water partition coefficient (Wildman–Crippen LogP) is 1.29. The molecule has 2 rings (SSSR count). The van der Waals surface area contributed by atoms with Crippen LogP contribution in [0.4, 0.5) is 9.18 Å². The summed E-state index contributed by atoms with van der Waals surface area (Å²) in [7, 11) is 3.35. The molecule has 1 aromatic carbocycles. The molecule has 0 bridgehead atoms. The van der Waals surface area contributed by atoms with Crippen molar-refractivity contribution in [2.45, 2.75) is 0 Å². The zero-order valence-electron chi connectivity index (χ0n) is 9.70. The van der Waals surface area contributed by atoms with Gasteiger partial charge in [0.25, 0.3) is 0 Å². The monoisotopic (exact) mass is 237 g/mol. The van der Waals surface area contributed by atoms with E-state index in [0.717, 1.165) is 0 Å². The number of carbonyl (C=O) groups is 1. The quantitative estimate of drug-likeness (QED) is 0.761. The molecular formula is C12H14FN2O2+. The molecule has 0 radical (unpaired) electrons. The number of carbonyl (C=O) groups excluding carboxylic acids is 1. The van der Waals surface area contributed by atoms with Crippen molar-refractivity contribution in [3.63, 3.8) is 0 Å². The van der Waals surface area contributed by atoms with Crippen LogP contribution in [0.15, 0.2) is 30.0 Å². The van der Waals surface area contributed by atoms with Crippen LogP contribution in [-0.2, 0) is 0 Å². The number of amides is 2. The van der Waals surface area contributed by atoms with Gasteiger partial charge in [-0.15, -0.1) is 0 Å². The van der Waals surface area contributed by atoms with Crippen molar-refractivity contribution in [2.24, 2.45) is 0 Å². The number of nitrogens with one attached hydrogen (secondary N) is 1. The van der Waals surface area contributed by atoms with Crippen LogP contribution in [0.1, 0.15) is 5.56 Å². The van der Waals surface area contributed by atoms with E-state index in [4.69, 9.17) is 0 Å². The number of quaternary nitrogens is 1. The van der Waals surface area contributed by atoms with E-state index in [1.54, 1.807) is 26.2 Å². The maximum absolute atomic E-state index is 13.1. The molecule has 0 atom stereocenters. The largest absolute Gasteiger partial charge is 0.425 e. The summed E-state index contributed by atoms with van der Waals surface area (Å²) >= 11 is 0. The van der Waals surface area contributed by atoms with Gasteiger partial charge in [0.15, 0.2) is 5.70 Å². The Hall–Kier alpha value is -1.72. The maximum atomic E-state index is 13.1. The molecule has 2 N–H and O–H groups in total. The molecule has 0 aromatic heterocycles. The first-order chi connectivity index (χ1) is 7.96. The molecule has 1 aromatic rings. The van der Waals surface area contributed by atoms with Gasteiger partial charge in [-0.2, -0.15) is 0 Å². The van der Waals surface area contributed by atoms with E-state index >= 15 is 0 Å². The first-order valence-electron chi connectivity index (χ1n) is 5.23. The topological polar surface area (TPSA) is 49.3 Å². The summed E-state index contributed by atoms with van der Waals surface area (Å²) in [6.07, 6.45) is 0. The fourth-order valence-corrected chi connectivity index (χ4v) is 1.86. The Balaban J connectivity index is 2.54. The fourth-order valence-electron chi connectivity index (χ4n) is 1.86. The highest BCUT2D eigenvalue weighted by Gasteiger charge is 2.41. The summed E-state index contributed by atoms with van der Waals surface area (Å²) in [6.45, 7) is -0.252. The van der Waals surface area contributed by atoms with Crippen LogP contribution < -0.4 is 5.32 Å². The number of nitrogens with zero attached hydrogens (tertiary/aromatic N) is 1. The van der Waals surface area contributed by atoms with Gasteiger partial charge < -0.3 is 5.11 Å². The number of aliphatic hydroxyl groups is 1. The van der Waals surface area contributed by atoms with Gasteiger partial charge in [-0.05, 0) is 12.1 Å². The van der Waals surface area contributed by atoms with Gasteiger partial charge in [-0.25, -0.2) is 13.7 Å². The van der Waals surface area contributed by atoms with Crippen molar-refractivity contribution in [1.29, 1.82) is 0 Å². The van der Waals surface area contributed by atoms with E-state index < -0.39 is 0 Å². The molecule has 1 aliphatic heterocycles. The van der Waals surface area contributed by atoms with E-state index in [1.165, 1.54) is 12.1 Å². The van der Waals surface area contributed by atoms with Gasteiger partial charge in [-0.1, -0.05) is 12.1 Å². The van der Waals surface area contributed by atoms with Crippen molar-refractivity contribution in [3.05, 3.63) is 41.3 Å². The van der Waals surface area contributed by atoms with Crippen LogP contribution in [0.25, 0.3) is 5.70 Å². The maximum Gasteiger partial charge on any atom is 0.425 e. The average molecular weight is 237 g/mol. The molecule has 5 heteroatoms. The second-order valence-electron chi connectivity index (χ2n) is 4.37. The zero-order chi connectivity index (χ0) is 12.6. The lowest BCUT2D eigenvalue weighted by atomic mass is 10.1. The molecule has 1 heterocycles. The first kappa shape index (κ1) is 11.8.